The number of aromatic nitrogens is 5. The molecule has 11 heteroatoms. The highest BCUT2D eigenvalue weighted by atomic mass is 35.5. The van der Waals surface area contributed by atoms with Crippen LogP contribution >= 0.6 is 37.0 Å². The average Bonchev–Trinajstić information content (AvgIpc) is 3.28. The van der Waals surface area contributed by atoms with Gasteiger partial charge in [-0.2, -0.15) is 5.10 Å². The van der Waals surface area contributed by atoms with Crippen LogP contribution in [0.1, 0.15) is 5.56 Å². The lowest BCUT2D eigenvalue weighted by Gasteiger charge is -2.36. The van der Waals surface area contributed by atoms with Crippen LogP contribution in [0.3, 0.4) is 0 Å². The van der Waals surface area contributed by atoms with Gasteiger partial charge < -0.3 is 15.1 Å². The Bertz CT molecular complexity index is 1180. The van der Waals surface area contributed by atoms with Crippen LogP contribution in [0, 0.1) is 0 Å². The highest BCUT2D eigenvalue weighted by Gasteiger charge is 2.22. The molecule has 0 bridgehead atoms. The van der Waals surface area contributed by atoms with Gasteiger partial charge >= 0.3 is 0 Å². The number of thiocarbonyl (C=S) groups is 1. The Kier molecular flexibility index (Phi) is 8.37. The average molecular weight is 503 g/mol. The molecule has 0 atom stereocenters. The molecule has 8 nitrogen and oxygen atoms in total. The largest absolute Gasteiger partial charge is 0.358 e. The number of rotatable bonds is 4. The summed E-state index contributed by atoms with van der Waals surface area (Å²) in [6, 6.07) is 14.0. The first-order valence-electron chi connectivity index (χ1n) is 10.2. The first kappa shape index (κ1) is 24.6. The van der Waals surface area contributed by atoms with E-state index in [9.17, 15) is 0 Å². The highest BCUT2D eigenvalue weighted by molar-refractivity contribution is 7.80. The molecule has 0 aliphatic carbocycles. The second kappa shape index (κ2) is 11.2. The number of anilines is 1. The van der Waals surface area contributed by atoms with Crippen molar-refractivity contribution in [3.05, 3.63) is 72.9 Å². The van der Waals surface area contributed by atoms with E-state index >= 15 is 0 Å². The minimum atomic E-state index is 0. The molecule has 1 aliphatic heterocycles. The van der Waals surface area contributed by atoms with E-state index in [0.29, 0.717) is 6.54 Å². The fourth-order valence-corrected chi connectivity index (χ4v) is 4.01. The van der Waals surface area contributed by atoms with E-state index in [1.165, 1.54) is 0 Å². The van der Waals surface area contributed by atoms with Crippen molar-refractivity contribution in [2.24, 2.45) is 0 Å². The van der Waals surface area contributed by atoms with Crippen LogP contribution in [0.15, 0.2) is 67.4 Å². The summed E-state index contributed by atoms with van der Waals surface area (Å²) in [4.78, 5) is 17.7. The Labute approximate surface area is 209 Å². The third kappa shape index (κ3) is 5.32. The van der Waals surface area contributed by atoms with Gasteiger partial charge in [-0.05, 0) is 36.0 Å². The van der Waals surface area contributed by atoms with Gasteiger partial charge in [0.2, 0.25) is 0 Å². The summed E-state index contributed by atoms with van der Waals surface area (Å²) < 4.78 is 1.86. The normalized spacial score (nSPS) is 13.2. The van der Waals surface area contributed by atoms with Gasteiger partial charge in [0.15, 0.2) is 10.8 Å². The molecule has 1 aliphatic rings. The van der Waals surface area contributed by atoms with Crippen molar-refractivity contribution in [1.82, 2.24) is 34.9 Å². The molecule has 0 unspecified atom stereocenters. The minimum Gasteiger partial charge on any atom is -0.358 e. The number of piperazine rings is 1. The maximum absolute atomic E-state index is 5.60. The molecule has 4 aromatic rings. The first-order chi connectivity index (χ1) is 15.3. The summed E-state index contributed by atoms with van der Waals surface area (Å²) in [5, 5.41) is 9.62. The van der Waals surface area contributed by atoms with E-state index in [1.807, 2.05) is 59.5 Å². The molecule has 33 heavy (non-hydrogen) atoms. The number of hydrogen-bond acceptors (Lipinski definition) is 6. The lowest BCUT2D eigenvalue weighted by atomic mass is 10.2. The van der Waals surface area contributed by atoms with Crippen LogP contribution in [0.4, 0.5) is 5.82 Å². The van der Waals surface area contributed by atoms with Crippen LogP contribution in [0.5, 0.6) is 0 Å². The molecular formula is C22H24Cl2N8S. The van der Waals surface area contributed by atoms with Crippen LogP contribution in [0.2, 0.25) is 0 Å². The van der Waals surface area contributed by atoms with E-state index in [0.717, 1.165) is 59.4 Å². The van der Waals surface area contributed by atoms with Gasteiger partial charge in [-0.25, -0.2) is 14.6 Å². The van der Waals surface area contributed by atoms with Gasteiger partial charge in [0.05, 0.1) is 17.3 Å². The van der Waals surface area contributed by atoms with Gasteiger partial charge in [0.25, 0.3) is 0 Å². The molecule has 1 saturated heterocycles. The second-order valence-corrected chi connectivity index (χ2v) is 7.71. The van der Waals surface area contributed by atoms with Gasteiger partial charge in [0, 0.05) is 45.1 Å². The number of benzene rings is 1. The molecule has 1 N–H and O–H groups in total. The molecule has 172 valence electrons. The van der Waals surface area contributed by atoms with Crippen molar-refractivity contribution in [3.63, 3.8) is 0 Å². The van der Waals surface area contributed by atoms with Crippen LogP contribution in [0.25, 0.3) is 16.7 Å². The number of pyridine rings is 1. The van der Waals surface area contributed by atoms with Gasteiger partial charge in [-0.15, -0.1) is 24.8 Å². The van der Waals surface area contributed by atoms with E-state index in [4.69, 9.17) is 12.2 Å². The molecule has 0 radical (unpaired) electrons. The number of hydrogen-bond donors (Lipinski definition) is 1. The number of para-hydroxylation sites is 1. The fourth-order valence-electron chi connectivity index (χ4n) is 3.76. The fraction of sp³-hybridized carbons (Fsp3) is 0.227. The Hall–Kier alpha value is -3.01. The smallest absolute Gasteiger partial charge is 0.169 e. The predicted octanol–water partition coefficient (Wildman–Crippen LogP) is 3.25. The van der Waals surface area contributed by atoms with Crippen LogP contribution in [-0.4, -0.2) is 60.9 Å². The predicted molar refractivity (Wildman–Crippen MR) is 139 cm³/mol. The molecular weight excluding hydrogens is 479 g/mol. The first-order valence-corrected chi connectivity index (χ1v) is 10.6. The summed E-state index contributed by atoms with van der Waals surface area (Å²) in [5.74, 6) is 0.918. The van der Waals surface area contributed by atoms with E-state index < -0.39 is 0 Å². The number of nitrogens with one attached hydrogen (secondary N) is 1. The van der Waals surface area contributed by atoms with Gasteiger partial charge in [-0.1, -0.05) is 24.3 Å². The molecule has 1 fully saturated rings. The van der Waals surface area contributed by atoms with Crippen molar-refractivity contribution in [1.29, 1.82) is 0 Å². The Morgan fingerprint density at radius 2 is 1.73 bits per heavy atom. The lowest BCUT2D eigenvalue weighted by molar-refractivity contribution is 0.379. The molecule has 0 amide bonds. The standard InChI is InChI=1S/C22H22N8S.2ClH/c31-22(24-14-17-5-4-8-23-13-17)29-11-9-28(10-12-29)20-19-15-27-30(21(19)26-16-25-20)18-6-2-1-3-7-18;;/h1-8,13,15-16H,9-12,14H2,(H,24,31);2*1H. The summed E-state index contributed by atoms with van der Waals surface area (Å²) in [6.45, 7) is 4.00. The molecule has 4 heterocycles. The van der Waals surface area contributed by atoms with Crippen LogP contribution < -0.4 is 10.2 Å². The Morgan fingerprint density at radius 1 is 0.939 bits per heavy atom. The molecule has 5 rings (SSSR count). The molecule has 1 aromatic carbocycles. The third-order valence-corrected chi connectivity index (χ3v) is 5.78. The third-order valence-electron chi connectivity index (χ3n) is 5.38. The summed E-state index contributed by atoms with van der Waals surface area (Å²) in [5.41, 5.74) is 2.91. The number of nitrogens with zero attached hydrogens (tertiary/aromatic N) is 7. The maximum atomic E-state index is 5.60. The summed E-state index contributed by atoms with van der Waals surface area (Å²) >= 11 is 5.60. The Balaban J connectivity index is 0.00000153. The van der Waals surface area contributed by atoms with Crippen LogP contribution in [-0.2, 0) is 6.54 Å². The van der Waals surface area contributed by atoms with E-state index in [2.05, 4.69) is 35.2 Å². The minimum absolute atomic E-state index is 0. The zero-order valence-electron chi connectivity index (χ0n) is 17.7. The number of fused-ring (bicyclic) bond motifs is 1. The van der Waals surface area contributed by atoms with Gasteiger partial charge in [-0.3, -0.25) is 4.98 Å². The summed E-state index contributed by atoms with van der Waals surface area (Å²) in [6.07, 6.45) is 7.09. The number of halogens is 2. The SMILES string of the molecule is Cl.Cl.S=C(NCc1cccnc1)N1CCN(c2ncnc3c2cnn3-c2ccccc2)CC1. The second-order valence-electron chi connectivity index (χ2n) is 7.32. The maximum Gasteiger partial charge on any atom is 0.169 e. The monoisotopic (exact) mass is 502 g/mol. The lowest BCUT2D eigenvalue weighted by Crippen LogP contribution is -2.51. The zero-order valence-corrected chi connectivity index (χ0v) is 20.2. The van der Waals surface area contributed by atoms with E-state index in [-0.39, 0.29) is 24.8 Å². The summed E-state index contributed by atoms with van der Waals surface area (Å²) in [7, 11) is 0. The van der Waals surface area contributed by atoms with E-state index in [1.54, 1.807) is 12.5 Å². The van der Waals surface area contributed by atoms with Crippen molar-refractivity contribution in [2.75, 3.05) is 31.1 Å². The molecule has 3 aromatic heterocycles. The van der Waals surface area contributed by atoms with Crippen molar-refractivity contribution < 1.29 is 0 Å². The van der Waals surface area contributed by atoms with Crippen molar-refractivity contribution in [2.45, 2.75) is 6.54 Å². The molecule has 0 saturated carbocycles. The Morgan fingerprint density at radius 3 is 2.45 bits per heavy atom. The molecule has 0 spiro atoms. The van der Waals surface area contributed by atoms with Crippen molar-refractivity contribution >= 4 is 59.0 Å². The topological polar surface area (TPSA) is 75.0 Å². The van der Waals surface area contributed by atoms with Gasteiger partial charge in [0.1, 0.15) is 12.1 Å². The zero-order chi connectivity index (χ0) is 21.0. The van der Waals surface area contributed by atoms with Crippen molar-refractivity contribution in [3.8, 4) is 5.69 Å². The quantitative estimate of drug-likeness (QED) is 0.426. The highest BCUT2D eigenvalue weighted by Crippen LogP contribution is 2.25.